The van der Waals surface area contributed by atoms with E-state index in [2.05, 4.69) is 188 Å². The van der Waals surface area contributed by atoms with Crippen LogP contribution in [0.5, 0.6) is 0 Å². The highest BCUT2D eigenvalue weighted by molar-refractivity contribution is 7.26. The molecule has 2 aromatic heterocycles. The van der Waals surface area contributed by atoms with Gasteiger partial charge in [-0.05, 0) is 85.8 Å². The summed E-state index contributed by atoms with van der Waals surface area (Å²) in [5.41, 5.74) is 11.1. The third kappa shape index (κ3) is 5.72. The molecule has 0 bridgehead atoms. The molecule has 0 unspecified atom stereocenters. The lowest BCUT2D eigenvalue weighted by Gasteiger charge is -2.10. The van der Waals surface area contributed by atoms with Crippen molar-refractivity contribution in [3.05, 3.63) is 211 Å². The van der Waals surface area contributed by atoms with Crippen molar-refractivity contribution in [2.75, 3.05) is 0 Å². The minimum absolute atomic E-state index is 0.637. The molecule has 0 aliphatic carbocycles. The Morgan fingerprint density at radius 2 is 1.12 bits per heavy atom. The van der Waals surface area contributed by atoms with Crippen molar-refractivity contribution in [3.8, 4) is 22.3 Å². The number of hydrogen-bond donors (Lipinski definition) is 0. The largest absolute Gasteiger partial charge is 0.455 e. The number of furan rings is 1. The first kappa shape index (κ1) is 33.7. The van der Waals surface area contributed by atoms with Gasteiger partial charge in [0.25, 0.3) is 0 Å². The molecule has 4 heteroatoms. The summed E-state index contributed by atoms with van der Waals surface area (Å²) in [5, 5.41) is 9.55. The second-order valence-electron chi connectivity index (χ2n) is 15.2. The summed E-state index contributed by atoms with van der Waals surface area (Å²) < 4.78 is 9.45. The predicted molar refractivity (Wildman–Crippen MR) is 251 cm³/mol. The molecule has 1 aliphatic rings. The van der Waals surface area contributed by atoms with Gasteiger partial charge in [-0.1, -0.05) is 158 Å². The highest BCUT2D eigenvalue weighted by Crippen LogP contribution is 2.43. The van der Waals surface area contributed by atoms with Gasteiger partial charge >= 0.3 is 0 Å². The van der Waals surface area contributed by atoms with Crippen LogP contribution in [0.25, 0.3) is 91.6 Å². The van der Waals surface area contributed by atoms with Crippen molar-refractivity contribution in [1.82, 2.24) is 0 Å². The van der Waals surface area contributed by atoms with Crippen LogP contribution in [0.1, 0.15) is 23.1 Å². The van der Waals surface area contributed by atoms with Crippen LogP contribution in [-0.2, 0) is 0 Å². The maximum absolute atomic E-state index is 6.85. The maximum atomic E-state index is 6.85. The molecule has 1 aliphatic heterocycles. The van der Waals surface area contributed by atoms with Gasteiger partial charge in [0.2, 0.25) is 0 Å². The zero-order valence-corrected chi connectivity index (χ0v) is 32.7. The second-order valence-corrected chi connectivity index (χ2v) is 16.3. The van der Waals surface area contributed by atoms with Gasteiger partial charge in [0.15, 0.2) is 5.84 Å². The summed E-state index contributed by atoms with van der Waals surface area (Å²) in [4.78, 5) is 10.9. The molecular formula is C55H34N2OS. The quantitative estimate of drug-likeness (QED) is 0.172. The number of benzene rings is 9. The monoisotopic (exact) mass is 770 g/mol. The zero-order valence-electron chi connectivity index (χ0n) is 31.9. The van der Waals surface area contributed by atoms with E-state index in [1.807, 2.05) is 17.4 Å². The SMILES string of the molecule is C1=C(c2ccc(-c3ccccc3)cc2)N=C(c2ccc(-c3ccc4sc5c6ccccc6ccc5c4c3)c3oc4ccccc4c23)N=C(c2ccc3ccccc3c2)C1. The molecule has 3 nitrogen and oxygen atoms in total. The number of amidine groups is 1. The van der Waals surface area contributed by atoms with Gasteiger partial charge in [-0.25, -0.2) is 9.98 Å². The van der Waals surface area contributed by atoms with E-state index in [1.54, 1.807) is 0 Å². The maximum Gasteiger partial charge on any atom is 0.160 e. The molecule has 0 atom stereocenters. The number of para-hydroxylation sites is 1. The van der Waals surface area contributed by atoms with Gasteiger partial charge in [0.05, 0.1) is 11.4 Å². The van der Waals surface area contributed by atoms with Crippen LogP contribution in [0.4, 0.5) is 0 Å². The van der Waals surface area contributed by atoms with E-state index in [-0.39, 0.29) is 0 Å². The molecule has 9 aromatic carbocycles. The molecule has 0 amide bonds. The van der Waals surface area contributed by atoms with E-state index in [4.69, 9.17) is 14.4 Å². The van der Waals surface area contributed by atoms with E-state index in [0.29, 0.717) is 12.3 Å². The Bertz CT molecular complexity index is 3570. The summed E-state index contributed by atoms with van der Waals surface area (Å²) in [6.45, 7) is 0. The Labute approximate surface area is 344 Å². The second kappa shape index (κ2) is 13.6. The standard InChI is InChI=1S/C55H34N2OS/c1-2-10-34(11-3-1)36-18-21-38(22-19-36)48-29-30-49(41-23-20-35-12-4-5-14-39(35)32-41)57-55(56-48)46-28-27-42(53-52(46)45-16-8-9-17-50(45)58-53)40-25-31-51-47(33-40)44-26-24-37-13-6-7-15-43(37)54(44)59-51/h1-29,31-33H,30H2. The molecule has 3 heterocycles. The molecular weight excluding hydrogens is 737 g/mol. The minimum atomic E-state index is 0.637. The first-order valence-corrected chi connectivity index (χ1v) is 20.8. The summed E-state index contributed by atoms with van der Waals surface area (Å²) >= 11 is 1.86. The predicted octanol–water partition coefficient (Wildman–Crippen LogP) is 15.3. The third-order valence-electron chi connectivity index (χ3n) is 11.8. The molecule has 12 rings (SSSR count). The number of thiophene rings is 1. The smallest absolute Gasteiger partial charge is 0.160 e. The van der Waals surface area contributed by atoms with Crippen molar-refractivity contribution >= 4 is 92.2 Å². The van der Waals surface area contributed by atoms with E-state index in [9.17, 15) is 0 Å². The Morgan fingerprint density at radius 1 is 0.441 bits per heavy atom. The van der Waals surface area contributed by atoms with Gasteiger partial charge in [-0.3, -0.25) is 0 Å². The Balaban J connectivity index is 1.05. The van der Waals surface area contributed by atoms with Crippen LogP contribution in [-0.4, -0.2) is 11.5 Å². The van der Waals surface area contributed by atoms with Crippen molar-refractivity contribution < 1.29 is 4.42 Å². The average Bonchev–Trinajstić information content (AvgIpc) is 3.80. The van der Waals surface area contributed by atoms with Crippen molar-refractivity contribution in [2.45, 2.75) is 6.42 Å². The van der Waals surface area contributed by atoms with Crippen LogP contribution >= 0.6 is 11.3 Å². The number of rotatable bonds is 5. The molecule has 276 valence electrons. The number of aliphatic imine (C=N–C) groups is 2. The van der Waals surface area contributed by atoms with Gasteiger partial charge in [-0.2, -0.15) is 0 Å². The zero-order chi connectivity index (χ0) is 38.9. The lowest BCUT2D eigenvalue weighted by atomic mass is 9.96. The van der Waals surface area contributed by atoms with Crippen molar-refractivity contribution in [1.29, 1.82) is 0 Å². The molecule has 0 saturated heterocycles. The van der Waals surface area contributed by atoms with Gasteiger partial charge in [0, 0.05) is 48.5 Å². The van der Waals surface area contributed by atoms with Gasteiger partial charge < -0.3 is 4.42 Å². The van der Waals surface area contributed by atoms with Crippen LogP contribution < -0.4 is 0 Å². The molecule has 0 N–H and O–H groups in total. The third-order valence-corrected chi connectivity index (χ3v) is 13.0. The Morgan fingerprint density at radius 3 is 2.00 bits per heavy atom. The fourth-order valence-electron chi connectivity index (χ4n) is 8.78. The summed E-state index contributed by atoms with van der Waals surface area (Å²) in [7, 11) is 0. The van der Waals surface area contributed by atoms with Crippen LogP contribution in [0.2, 0.25) is 0 Å². The fourth-order valence-corrected chi connectivity index (χ4v) is 10.0. The molecule has 0 saturated carbocycles. The topological polar surface area (TPSA) is 37.9 Å². The highest BCUT2D eigenvalue weighted by Gasteiger charge is 2.22. The summed E-state index contributed by atoms with van der Waals surface area (Å²) in [6.07, 6.45) is 2.86. The fraction of sp³-hybridized carbons (Fsp3) is 0.0182. The molecule has 11 aromatic rings. The Hall–Kier alpha value is -7.40. The van der Waals surface area contributed by atoms with E-state index < -0.39 is 0 Å². The van der Waals surface area contributed by atoms with Crippen molar-refractivity contribution in [3.63, 3.8) is 0 Å². The first-order chi connectivity index (χ1) is 29.2. The number of allylic oxidation sites excluding steroid dienone is 1. The first-order valence-electron chi connectivity index (χ1n) is 20.0. The number of fused-ring (bicyclic) bond motifs is 9. The highest BCUT2D eigenvalue weighted by atomic mass is 32.1. The molecule has 59 heavy (non-hydrogen) atoms. The lowest BCUT2D eigenvalue weighted by Crippen LogP contribution is -2.05. The van der Waals surface area contributed by atoms with Crippen LogP contribution in [0, 0.1) is 0 Å². The van der Waals surface area contributed by atoms with Crippen LogP contribution in [0.3, 0.4) is 0 Å². The molecule has 0 fully saturated rings. The van der Waals surface area contributed by atoms with E-state index in [1.165, 1.54) is 52.8 Å². The van der Waals surface area contributed by atoms with Gasteiger partial charge in [-0.15, -0.1) is 11.3 Å². The van der Waals surface area contributed by atoms with E-state index >= 15 is 0 Å². The number of nitrogens with zero attached hydrogens (tertiary/aromatic N) is 2. The van der Waals surface area contributed by atoms with Crippen molar-refractivity contribution in [2.24, 2.45) is 9.98 Å². The van der Waals surface area contributed by atoms with E-state index in [0.717, 1.165) is 61.2 Å². The number of hydrogen-bond acceptors (Lipinski definition) is 4. The average molecular weight is 771 g/mol. The molecule has 0 radical (unpaired) electrons. The Kier molecular flexibility index (Phi) is 7.78. The lowest BCUT2D eigenvalue weighted by molar-refractivity contribution is 0.670. The van der Waals surface area contributed by atoms with Crippen LogP contribution in [0.15, 0.2) is 209 Å². The molecule has 0 spiro atoms. The minimum Gasteiger partial charge on any atom is -0.455 e. The normalized spacial score (nSPS) is 13.3. The summed E-state index contributed by atoms with van der Waals surface area (Å²) in [5.74, 6) is 0.665. The summed E-state index contributed by atoms with van der Waals surface area (Å²) in [6, 6.07) is 67.1. The van der Waals surface area contributed by atoms with Gasteiger partial charge in [0.1, 0.15) is 11.2 Å².